The lowest BCUT2D eigenvalue weighted by Crippen LogP contribution is -2.37. The van der Waals surface area contributed by atoms with E-state index >= 15 is 0 Å². The molecule has 0 aliphatic carbocycles. The molecule has 0 spiro atoms. The first kappa shape index (κ1) is 11.8. The molecule has 0 bridgehead atoms. The van der Waals surface area contributed by atoms with Gasteiger partial charge in [-0.05, 0) is 32.5 Å². The zero-order valence-corrected chi connectivity index (χ0v) is 8.98. The summed E-state index contributed by atoms with van der Waals surface area (Å²) >= 11 is 1.74. The fraction of sp³-hybridized carbons (Fsp3) is 0.875. The van der Waals surface area contributed by atoms with Crippen LogP contribution in [0.15, 0.2) is 0 Å². The minimum absolute atomic E-state index is 0.0950. The lowest BCUT2D eigenvalue weighted by Gasteiger charge is -2.20. The van der Waals surface area contributed by atoms with Gasteiger partial charge in [0.15, 0.2) is 0 Å². The van der Waals surface area contributed by atoms with Crippen LogP contribution in [0.1, 0.15) is 6.42 Å². The molecule has 0 unspecified atom stereocenters. The standard InChI is InChI=1S/C8H17NO2S/c1-9(2)7(5-6-12-4)8(10)11-3/h7H,5-6H2,1-4H3/t7-/m0/s1. The average molecular weight is 191 g/mol. The maximum atomic E-state index is 11.2. The zero-order chi connectivity index (χ0) is 9.56. The Balaban J connectivity index is 3.95. The van der Waals surface area contributed by atoms with Crippen LogP contribution in [0.3, 0.4) is 0 Å². The minimum atomic E-state index is -0.144. The Morgan fingerprint density at radius 3 is 2.50 bits per heavy atom. The van der Waals surface area contributed by atoms with E-state index in [0.29, 0.717) is 0 Å². The number of thioether (sulfide) groups is 1. The summed E-state index contributed by atoms with van der Waals surface area (Å²) < 4.78 is 4.68. The minimum Gasteiger partial charge on any atom is -0.468 e. The maximum Gasteiger partial charge on any atom is 0.323 e. The van der Waals surface area contributed by atoms with Crippen molar-refractivity contribution >= 4 is 17.7 Å². The first-order valence-corrected chi connectivity index (χ1v) is 5.26. The smallest absolute Gasteiger partial charge is 0.323 e. The summed E-state index contributed by atoms with van der Waals surface area (Å²) in [6.07, 6.45) is 2.88. The molecular weight excluding hydrogens is 174 g/mol. The predicted molar refractivity (Wildman–Crippen MR) is 52.5 cm³/mol. The first-order valence-electron chi connectivity index (χ1n) is 3.86. The Kier molecular flexibility index (Phi) is 6.20. The third kappa shape index (κ3) is 3.97. The van der Waals surface area contributed by atoms with Crippen LogP contribution in [0.2, 0.25) is 0 Å². The zero-order valence-electron chi connectivity index (χ0n) is 8.16. The van der Waals surface area contributed by atoms with E-state index in [-0.39, 0.29) is 12.0 Å². The van der Waals surface area contributed by atoms with Gasteiger partial charge in [-0.2, -0.15) is 11.8 Å². The van der Waals surface area contributed by atoms with Gasteiger partial charge in [0.25, 0.3) is 0 Å². The molecule has 4 heteroatoms. The molecule has 1 atom stereocenters. The lowest BCUT2D eigenvalue weighted by atomic mass is 10.2. The van der Waals surface area contributed by atoms with E-state index < -0.39 is 0 Å². The van der Waals surface area contributed by atoms with Crippen LogP contribution in [0.25, 0.3) is 0 Å². The highest BCUT2D eigenvalue weighted by Gasteiger charge is 2.20. The van der Waals surface area contributed by atoms with Crippen LogP contribution in [0.5, 0.6) is 0 Å². The third-order valence-electron chi connectivity index (χ3n) is 1.69. The quantitative estimate of drug-likeness (QED) is 0.602. The number of hydrogen-bond donors (Lipinski definition) is 0. The molecule has 0 aliphatic rings. The molecule has 0 fully saturated rings. The number of esters is 1. The van der Waals surface area contributed by atoms with Crippen molar-refractivity contribution in [2.45, 2.75) is 12.5 Å². The van der Waals surface area contributed by atoms with Crippen LogP contribution in [0.4, 0.5) is 0 Å². The molecule has 0 rings (SSSR count). The molecule has 72 valence electrons. The first-order chi connectivity index (χ1) is 5.63. The van der Waals surface area contributed by atoms with Crippen molar-refractivity contribution in [1.29, 1.82) is 0 Å². The number of rotatable bonds is 5. The van der Waals surface area contributed by atoms with Crippen LogP contribution >= 0.6 is 11.8 Å². The number of hydrogen-bond acceptors (Lipinski definition) is 4. The molecule has 3 nitrogen and oxygen atoms in total. The Labute approximate surface area is 78.5 Å². The molecule has 12 heavy (non-hydrogen) atoms. The predicted octanol–water partition coefficient (Wildman–Crippen LogP) is 0.843. The van der Waals surface area contributed by atoms with E-state index in [1.54, 1.807) is 11.8 Å². The fourth-order valence-electron chi connectivity index (χ4n) is 0.952. The molecule has 0 saturated carbocycles. The van der Waals surface area contributed by atoms with Crippen molar-refractivity contribution in [2.24, 2.45) is 0 Å². The van der Waals surface area contributed by atoms with Gasteiger partial charge in [-0.1, -0.05) is 0 Å². The summed E-state index contributed by atoms with van der Waals surface area (Å²) in [7, 11) is 5.21. The van der Waals surface area contributed by atoms with Gasteiger partial charge in [0.05, 0.1) is 7.11 Å². The molecule has 0 aromatic carbocycles. The Morgan fingerprint density at radius 1 is 1.58 bits per heavy atom. The lowest BCUT2D eigenvalue weighted by molar-refractivity contribution is -0.146. The molecule has 0 amide bonds. The summed E-state index contributed by atoms with van der Waals surface area (Å²) in [5.74, 6) is 0.840. The summed E-state index contributed by atoms with van der Waals surface area (Å²) in [6.45, 7) is 0. The Bertz CT molecular complexity index is 139. The number of nitrogens with zero attached hydrogens (tertiary/aromatic N) is 1. The summed E-state index contributed by atoms with van der Waals surface area (Å²) in [4.78, 5) is 13.1. The van der Waals surface area contributed by atoms with Gasteiger partial charge >= 0.3 is 5.97 Å². The second-order valence-corrected chi connectivity index (χ2v) is 3.77. The second kappa shape index (κ2) is 6.31. The van der Waals surface area contributed by atoms with Crippen molar-refractivity contribution in [3.05, 3.63) is 0 Å². The van der Waals surface area contributed by atoms with E-state index in [1.807, 2.05) is 25.3 Å². The number of carbonyl (C=O) groups is 1. The van der Waals surface area contributed by atoms with Gasteiger partial charge in [-0.15, -0.1) is 0 Å². The van der Waals surface area contributed by atoms with E-state index in [1.165, 1.54) is 7.11 Å². The monoisotopic (exact) mass is 191 g/mol. The second-order valence-electron chi connectivity index (χ2n) is 2.78. The van der Waals surface area contributed by atoms with Crippen molar-refractivity contribution in [3.63, 3.8) is 0 Å². The molecule has 0 N–H and O–H groups in total. The van der Waals surface area contributed by atoms with Gasteiger partial charge in [-0.3, -0.25) is 9.69 Å². The highest BCUT2D eigenvalue weighted by Crippen LogP contribution is 2.06. The van der Waals surface area contributed by atoms with Gasteiger partial charge < -0.3 is 4.74 Å². The van der Waals surface area contributed by atoms with Gasteiger partial charge in [0.1, 0.15) is 6.04 Å². The van der Waals surface area contributed by atoms with Gasteiger partial charge in [-0.25, -0.2) is 0 Å². The van der Waals surface area contributed by atoms with E-state index in [9.17, 15) is 4.79 Å². The number of carbonyl (C=O) groups excluding carboxylic acids is 1. The Morgan fingerprint density at radius 2 is 2.17 bits per heavy atom. The highest BCUT2D eigenvalue weighted by molar-refractivity contribution is 7.98. The fourth-order valence-corrected chi connectivity index (χ4v) is 1.41. The van der Waals surface area contributed by atoms with Crippen molar-refractivity contribution < 1.29 is 9.53 Å². The molecular formula is C8H17NO2S. The van der Waals surface area contributed by atoms with Gasteiger partial charge in [0, 0.05) is 0 Å². The van der Waals surface area contributed by atoms with Gasteiger partial charge in [0.2, 0.25) is 0 Å². The average Bonchev–Trinajstić information content (AvgIpc) is 2.04. The number of ether oxygens (including phenoxy) is 1. The van der Waals surface area contributed by atoms with E-state index in [2.05, 4.69) is 4.74 Å². The topological polar surface area (TPSA) is 29.5 Å². The molecule has 0 radical (unpaired) electrons. The molecule has 0 aromatic heterocycles. The summed E-state index contributed by atoms with van der Waals surface area (Å²) in [5.41, 5.74) is 0. The Hall–Kier alpha value is -0.220. The largest absolute Gasteiger partial charge is 0.468 e. The number of likely N-dealkylation sites (N-methyl/N-ethyl adjacent to an activating group) is 1. The SMILES string of the molecule is COC(=O)[C@H](CCSC)N(C)C. The molecule has 0 heterocycles. The third-order valence-corrected chi connectivity index (χ3v) is 2.34. The van der Waals surface area contributed by atoms with E-state index in [0.717, 1.165) is 12.2 Å². The molecule has 0 aromatic rings. The van der Waals surface area contributed by atoms with Crippen molar-refractivity contribution in [2.75, 3.05) is 33.2 Å². The van der Waals surface area contributed by atoms with Crippen LogP contribution < -0.4 is 0 Å². The van der Waals surface area contributed by atoms with Crippen molar-refractivity contribution in [1.82, 2.24) is 4.90 Å². The maximum absolute atomic E-state index is 11.2. The summed E-state index contributed by atoms with van der Waals surface area (Å²) in [5, 5.41) is 0. The number of methoxy groups -OCH3 is 1. The highest BCUT2D eigenvalue weighted by atomic mass is 32.2. The summed E-state index contributed by atoms with van der Waals surface area (Å²) in [6, 6.07) is -0.0950. The van der Waals surface area contributed by atoms with Crippen LogP contribution in [-0.4, -0.2) is 50.1 Å². The van der Waals surface area contributed by atoms with Crippen molar-refractivity contribution in [3.8, 4) is 0 Å². The molecule has 0 aliphatic heterocycles. The van der Waals surface area contributed by atoms with E-state index in [4.69, 9.17) is 0 Å². The van der Waals surface area contributed by atoms with Crippen LogP contribution in [-0.2, 0) is 9.53 Å². The normalized spacial score (nSPS) is 13.1. The molecule has 0 saturated heterocycles. The van der Waals surface area contributed by atoms with Crippen LogP contribution in [0, 0.1) is 0 Å².